The van der Waals surface area contributed by atoms with Crippen molar-refractivity contribution in [1.29, 1.82) is 0 Å². The lowest BCUT2D eigenvalue weighted by atomic mass is 10.0. The zero-order valence-corrected chi connectivity index (χ0v) is 9.91. The highest BCUT2D eigenvalue weighted by molar-refractivity contribution is 5.87. The molecule has 0 aliphatic heterocycles. The molecule has 86 valence electrons. The number of hydrogen-bond acceptors (Lipinski definition) is 2. The molecule has 3 heteroatoms. The van der Waals surface area contributed by atoms with E-state index in [0.717, 1.165) is 16.9 Å². The summed E-state index contributed by atoms with van der Waals surface area (Å²) in [7, 11) is 1.64. The monoisotopic (exact) mass is 219 g/mol. The van der Waals surface area contributed by atoms with Gasteiger partial charge in [0, 0.05) is 0 Å². The molecule has 0 aliphatic rings. The molecule has 1 aromatic carbocycles. The number of nitrogens with one attached hydrogen (secondary N) is 1. The van der Waals surface area contributed by atoms with Gasteiger partial charge in [0.05, 0.1) is 13.2 Å². The lowest BCUT2D eigenvalue weighted by molar-refractivity contribution is -0.117. The predicted molar refractivity (Wildman–Crippen MR) is 64.5 cm³/mol. The summed E-state index contributed by atoms with van der Waals surface area (Å²) < 4.78 is 5.18. The average molecular weight is 219 g/mol. The van der Waals surface area contributed by atoms with Gasteiger partial charge in [0.2, 0.25) is 5.91 Å². The summed E-state index contributed by atoms with van der Waals surface area (Å²) in [4.78, 5) is 11.1. The van der Waals surface area contributed by atoms with Crippen LogP contribution in [0.2, 0.25) is 0 Å². The third kappa shape index (κ3) is 2.86. The van der Waals surface area contributed by atoms with E-state index in [1.807, 2.05) is 32.0 Å². The maximum Gasteiger partial charge on any atom is 0.243 e. The first-order chi connectivity index (χ1) is 7.58. The number of aryl methyl sites for hydroxylation is 1. The van der Waals surface area contributed by atoms with Crippen molar-refractivity contribution < 1.29 is 9.53 Å². The summed E-state index contributed by atoms with van der Waals surface area (Å²) in [5.74, 6) is 0.687. The first kappa shape index (κ1) is 12.3. The number of ether oxygens (including phenoxy) is 1. The van der Waals surface area contributed by atoms with Gasteiger partial charge in [-0.15, -0.1) is 0 Å². The Morgan fingerprint density at radius 3 is 2.75 bits per heavy atom. The van der Waals surface area contributed by atoms with Gasteiger partial charge in [-0.1, -0.05) is 18.7 Å². The predicted octanol–water partition coefficient (Wildman–Crippen LogP) is 2.37. The quantitative estimate of drug-likeness (QED) is 0.789. The van der Waals surface area contributed by atoms with Gasteiger partial charge in [-0.25, -0.2) is 0 Å². The van der Waals surface area contributed by atoms with Gasteiger partial charge in [-0.3, -0.25) is 4.79 Å². The molecule has 0 fully saturated rings. The van der Waals surface area contributed by atoms with Crippen molar-refractivity contribution in [3.8, 4) is 5.75 Å². The van der Waals surface area contributed by atoms with Crippen LogP contribution in [0.4, 0.5) is 0 Å². The van der Waals surface area contributed by atoms with Crippen molar-refractivity contribution in [3.63, 3.8) is 0 Å². The molecule has 0 radical (unpaired) electrons. The Kier molecular flexibility index (Phi) is 4.11. The Bertz CT molecular complexity index is 399. The molecule has 1 atom stereocenters. The molecule has 0 aromatic heterocycles. The molecule has 0 aliphatic carbocycles. The summed E-state index contributed by atoms with van der Waals surface area (Å²) in [6.45, 7) is 7.33. The van der Waals surface area contributed by atoms with Crippen molar-refractivity contribution in [1.82, 2.24) is 5.32 Å². The van der Waals surface area contributed by atoms with E-state index < -0.39 is 0 Å². The summed E-state index contributed by atoms with van der Waals surface area (Å²) >= 11 is 0. The second-order valence-electron chi connectivity index (χ2n) is 3.66. The second kappa shape index (κ2) is 5.35. The molecule has 16 heavy (non-hydrogen) atoms. The van der Waals surface area contributed by atoms with Crippen LogP contribution in [0.15, 0.2) is 30.9 Å². The SMILES string of the molecule is C=CC(=O)N[C@H](C)c1ccc(OC)c(C)c1. The summed E-state index contributed by atoms with van der Waals surface area (Å²) in [6.07, 6.45) is 1.27. The number of hydrogen-bond donors (Lipinski definition) is 1. The maximum atomic E-state index is 11.1. The summed E-state index contributed by atoms with van der Waals surface area (Å²) in [5, 5.41) is 2.81. The molecule has 0 saturated heterocycles. The number of carbonyl (C=O) groups excluding carboxylic acids is 1. The van der Waals surface area contributed by atoms with E-state index in [2.05, 4.69) is 11.9 Å². The van der Waals surface area contributed by atoms with Crippen LogP contribution in [0.1, 0.15) is 24.1 Å². The molecular weight excluding hydrogens is 202 g/mol. The van der Waals surface area contributed by atoms with Crippen LogP contribution in [0, 0.1) is 6.92 Å². The van der Waals surface area contributed by atoms with Crippen LogP contribution in [-0.2, 0) is 4.79 Å². The minimum absolute atomic E-state index is 0.0323. The number of carbonyl (C=O) groups is 1. The molecule has 1 N–H and O–H groups in total. The van der Waals surface area contributed by atoms with Gasteiger partial charge >= 0.3 is 0 Å². The molecule has 3 nitrogen and oxygen atoms in total. The molecule has 0 bridgehead atoms. The first-order valence-corrected chi connectivity index (χ1v) is 5.16. The number of benzene rings is 1. The Balaban J connectivity index is 2.84. The van der Waals surface area contributed by atoms with Gasteiger partial charge in [-0.2, -0.15) is 0 Å². The highest BCUT2D eigenvalue weighted by Gasteiger charge is 2.08. The highest BCUT2D eigenvalue weighted by atomic mass is 16.5. The van der Waals surface area contributed by atoms with E-state index in [0.29, 0.717) is 0 Å². The largest absolute Gasteiger partial charge is 0.496 e. The van der Waals surface area contributed by atoms with Crippen LogP contribution >= 0.6 is 0 Å². The number of rotatable bonds is 4. The third-order valence-electron chi connectivity index (χ3n) is 2.46. The second-order valence-corrected chi connectivity index (χ2v) is 3.66. The van der Waals surface area contributed by atoms with Crippen LogP contribution < -0.4 is 10.1 Å². The fourth-order valence-corrected chi connectivity index (χ4v) is 1.53. The molecule has 1 rings (SSSR count). The minimum atomic E-state index is -0.166. The van der Waals surface area contributed by atoms with Crippen molar-refractivity contribution >= 4 is 5.91 Å². The summed E-state index contributed by atoms with van der Waals surface area (Å²) in [6, 6.07) is 5.82. The van der Waals surface area contributed by atoms with Crippen LogP contribution in [0.5, 0.6) is 5.75 Å². The maximum absolute atomic E-state index is 11.1. The lowest BCUT2D eigenvalue weighted by Crippen LogP contribution is -2.24. The van der Waals surface area contributed by atoms with Gasteiger partial charge in [0.1, 0.15) is 5.75 Å². The van der Waals surface area contributed by atoms with Crippen LogP contribution in [0.3, 0.4) is 0 Å². The fourth-order valence-electron chi connectivity index (χ4n) is 1.53. The van der Waals surface area contributed by atoms with Crippen molar-refractivity contribution in [2.75, 3.05) is 7.11 Å². The summed E-state index contributed by atoms with van der Waals surface area (Å²) in [5.41, 5.74) is 2.10. The van der Waals surface area contributed by atoms with E-state index in [4.69, 9.17) is 4.74 Å². The van der Waals surface area contributed by atoms with Gasteiger partial charge in [-0.05, 0) is 37.1 Å². The van der Waals surface area contributed by atoms with Crippen molar-refractivity contribution in [2.45, 2.75) is 19.9 Å². The molecule has 0 saturated carbocycles. The standard InChI is InChI=1S/C13H17NO2/c1-5-13(15)14-10(3)11-6-7-12(16-4)9(2)8-11/h5-8,10H,1H2,2-4H3,(H,14,15)/t10-/m1/s1. The molecule has 1 amide bonds. The van der Waals surface area contributed by atoms with E-state index in [1.165, 1.54) is 6.08 Å². The van der Waals surface area contributed by atoms with E-state index >= 15 is 0 Å². The van der Waals surface area contributed by atoms with Crippen molar-refractivity contribution in [2.24, 2.45) is 0 Å². The number of methoxy groups -OCH3 is 1. The van der Waals surface area contributed by atoms with Crippen molar-refractivity contribution in [3.05, 3.63) is 42.0 Å². The van der Waals surface area contributed by atoms with Gasteiger partial charge in [0.25, 0.3) is 0 Å². The average Bonchev–Trinajstić information content (AvgIpc) is 2.28. The molecule has 0 spiro atoms. The van der Waals surface area contributed by atoms with Gasteiger partial charge in [0.15, 0.2) is 0 Å². The van der Waals surface area contributed by atoms with Gasteiger partial charge < -0.3 is 10.1 Å². The van der Waals surface area contributed by atoms with E-state index in [1.54, 1.807) is 7.11 Å². The van der Waals surface area contributed by atoms with Crippen LogP contribution in [0.25, 0.3) is 0 Å². The highest BCUT2D eigenvalue weighted by Crippen LogP contribution is 2.22. The third-order valence-corrected chi connectivity index (χ3v) is 2.46. The van der Waals surface area contributed by atoms with Crippen LogP contribution in [-0.4, -0.2) is 13.0 Å². The van der Waals surface area contributed by atoms with E-state index in [9.17, 15) is 4.79 Å². The number of amides is 1. The molecular formula is C13H17NO2. The normalized spacial score (nSPS) is 11.7. The lowest BCUT2D eigenvalue weighted by Gasteiger charge is -2.14. The zero-order valence-electron chi connectivity index (χ0n) is 9.91. The Labute approximate surface area is 96.1 Å². The molecule has 0 unspecified atom stereocenters. The Morgan fingerprint density at radius 2 is 2.25 bits per heavy atom. The minimum Gasteiger partial charge on any atom is -0.496 e. The Morgan fingerprint density at radius 1 is 1.56 bits per heavy atom. The Hall–Kier alpha value is -1.77. The first-order valence-electron chi connectivity index (χ1n) is 5.16. The topological polar surface area (TPSA) is 38.3 Å². The van der Waals surface area contributed by atoms with E-state index in [-0.39, 0.29) is 11.9 Å². The smallest absolute Gasteiger partial charge is 0.243 e. The molecule has 0 heterocycles. The fraction of sp³-hybridized carbons (Fsp3) is 0.308. The molecule has 1 aromatic rings. The zero-order chi connectivity index (χ0) is 12.1.